The highest BCUT2D eigenvalue weighted by Crippen LogP contribution is 2.23. The Morgan fingerprint density at radius 1 is 1.17 bits per heavy atom. The lowest BCUT2D eigenvalue weighted by Gasteiger charge is -2.31. The van der Waals surface area contributed by atoms with Crippen molar-refractivity contribution in [2.24, 2.45) is 0 Å². The van der Waals surface area contributed by atoms with Gasteiger partial charge in [0.05, 0.1) is 23.3 Å². The predicted molar refractivity (Wildman–Crippen MR) is 109 cm³/mol. The highest BCUT2D eigenvalue weighted by molar-refractivity contribution is 6.06. The summed E-state index contributed by atoms with van der Waals surface area (Å²) < 4.78 is 13.7. The standard InChI is InChI=1S/C22H23FN4O2/c23-15-6-7-18-19(13-21(28)26-20(18)12-15)22(29)27(14-16-4-1-2-10-25-16)17-5-3-9-24-11-8-17/h1-2,4,6-7,10,12-13,17,24H,3,5,8-9,11,14H2,(H,26,28). The Labute approximate surface area is 167 Å². The summed E-state index contributed by atoms with van der Waals surface area (Å²) in [6.07, 6.45) is 4.38. The van der Waals surface area contributed by atoms with Crippen LogP contribution in [0.3, 0.4) is 0 Å². The van der Waals surface area contributed by atoms with Crippen LogP contribution < -0.4 is 10.9 Å². The number of benzene rings is 1. The molecule has 0 radical (unpaired) electrons. The number of halogens is 1. The molecule has 0 spiro atoms. The van der Waals surface area contributed by atoms with Gasteiger partial charge >= 0.3 is 0 Å². The minimum absolute atomic E-state index is 0.0364. The third kappa shape index (κ3) is 4.35. The molecule has 1 atom stereocenters. The van der Waals surface area contributed by atoms with Crippen LogP contribution in [0, 0.1) is 5.82 Å². The summed E-state index contributed by atoms with van der Waals surface area (Å²) in [6.45, 7) is 2.12. The molecule has 1 saturated heterocycles. The van der Waals surface area contributed by atoms with Crippen LogP contribution in [-0.4, -0.2) is 39.9 Å². The number of nitrogens with zero attached hydrogens (tertiary/aromatic N) is 2. The summed E-state index contributed by atoms with van der Waals surface area (Å²) in [6, 6.07) is 11.1. The van der Waals surface area contributed by atoms with Crippen molar-refractivity contribution in [3.63, 3.8) is 0 Å². The van der Waals surface area contributed by atoms with Gasteiger partial charge in [-0.25, -0.2) is 4.39 Å². The number of amides is 1. The number of aromatic amines is 1. The van der Waals surface area contributed by atoms with Gasteiger partial charge in [0, 0.05) is 23.7 Å². The van der Waals surface area contributed by atoms with E-state index in [1.165, 1.54) is 18.2 Å². The van der Waals surface area contributed by atoms with Crippen LogP contribution >= 0.6 is 0 Å². The van der Waals surface area contributed by atoms with E-state index in [-0.39, 0.29) is 17.5 Å². The van der Waals surface area contributed by atoms with Crippen LogP contribution in [0.15, 0.2) is 53.5 Å². The average Bonchev–Trinajstić information content (AvgIpc) is 3.01. The molecule has 3 heterocycles. The van der Waals surface area contributed by atoms with Crippen LogP contribution in [0.4, 0.5) is 4.39 Å². The van der Waals surface area contributed by atoms with Crippen molar-refractivity contribution >= 4 is 16.8 Å². The van der Waals surface area contributed by atoms with Crippen LogP contribution in [0.1, 0.15) is 35.3 Å². The summed E-state index contributed by atoms with van der Waals surface area (Å²) in [5.74, 6) is -0.691. The summed E-state index contributed by atoms with van der Waals surface area (Å²) in [4.78, 5) is 34.6. The van der Waals surface area contributed by atoms with E-state index in [9.17, 15) is 14.0 Å². The van der Waals surface area contributed by atoms with E-state index in [1.807, 2.05) is 23.1 Å². The molecule has 1 amide bonds. The fourth-order valence-corrected chi connectivity index (χ4v) is 3.91. The Balaban J connectivity index is 1.76. The fourth-order valence-electron chi connectivity index (χ4n) is 3.91. The number of aromatic nitrogens is 2. The summed E-state index contributed by atoms with van der Waals surface area (Å²) in [5, 5.41) is 3.91. The largest absolute Gasteiger partial charge is 0.330 e. The molecular weight excluding hydrogens is 371 g/mol. The number of nitrogens with one attached hydrogen (secondary N) is 2. The Kier molecular flexibility index (Phi) is 5.67. The van der Waals surface area contributed by atoms with Crippen molar-refractivity contribution < 1.29 is 9.18 Å². The predicted octanol–water partition coefficient (Wildman–Crippen LogP) is 2.85. The number of pyridine rings is 2. The van der Waals surface area contributed by atoms with Gasteiger partial charge in [0.2, 0.25) is 5.56 Å². The molecular formula is C22H23FN4O2. The first-order valence-corrected chi connectivity index (χ1v) is 9.86. The van der Waals surface area contributed by atoms with E-state index in [0.29, 0.717) is 17.4 Å². The maximum Gasteiger partial charge on any atom is 0.255 e. The highest BCUT2D eigenvalue weighted by atomic mass is 19.1. The quantitative estimate of drug-likeness (QED) is 0.713. The van der Waals surface area contributed by atoms with Crippen molar-refractivity contribution in [1.82, 2.24) is 20.2 Å². The van der Waals surface area contributed by atoms with E-state index >= 15 is 0 Å². The normalized spacial score (nSPS) is 17.1. The van der Waals surface area contributed by atoms with Gasteiger partial charge in [0.15, 0.2) is 0 Å². The molecule has 0 bridgehead atoms. The molecule has 6 nitrogen and oxygen atoms in total. The van der Waals surface area contributed by atoms with Crippen LogP contribution in [0.25, 0.3) is 10.9 Å². The van der Waals surface area contributed by atoms with Crippen molar-refractivity contribution in [1.29, 1.82) is 0 Å². The van der Waals surface area contributed by atoms with Crippen LogP contribution in [0.5, 0.6) is 0 Å². The average molecular weight is 394 g/mol. The lowest BCUT2D eigenvalue weighted by Crippen LogP contribution is -2.41. The first-order chi connectivity index (χ1) is 14.1. The fraction of sp³-hybridized carbons (Fsp3) is 0.318. The molecule has 1 aliphatic heterocycles. The third-order valence-corrected chi connectivity index (χ3v) is 5.34. The van der Waals surface area contributed by atoms with Gasteiger partial charge in [-0.2, -0.15) is 0 Å². The molecule has 150 valence electrons. The second-order valence-electron chi connectivity index (χ2n) is 7.33. The Morgan fingerprint density at radius 2 is 2.07 bits per heavy atom. The van der Waals surface area contributed by atoms with Crippen LogP contribution in [-0.2, 0) is 6.54 Å². The van der Waals surface area contributed by atoms with Gasteiger partial charge in [0.25, 0.3) is 5.91 Å². The topological polar surface area (TPSA) is 78.1 Å². The summed E-state index contributed by atoms with van der Waals surface area (Å²) >= 11 is 0. The van der Waals surface area contributed by atoms with Crippen molar-refractivity contribution in [3.05, 3.63) is 76.1 Å². The van der Waals surface area contributed by atoms with Gasteiger partial charge in [-0.1, -0.05) is 6.07 Å². The molecule has 7 heteroatoms. The van der Waals surface area contributed by atoms with Crippen LogP contribution in [0.2, 0.25) is 0 Å². The Hall–Kier alpha value is -3.06. The van der Waals surface area contributed by atoms with Crippen molar-refractivity contribution in [2.45, 2.75) is 31.8 Å². The van der Waals surface area contributed by atoms with E-state index in [4.69, 9.17) is 0 Å². The molecule has 1 fully saturated rings. The number of rotatable bonds is 4. The molecule has 1 unspecified atom stereocenters. The molecule has 0 aliphatic carbocycles. The summed E-state index contributed by atoms with van der Waals surface area (Å²) in [7, 11) is 0. The molecule has 0 saturated carbocycles. The second-order valence-corrected chi connectivity index (χ2v) is 7.33. The SMILES string of the molecule is O=C(c1cc(=O)[nH]c2cc(F)ccc12)N(Cc1ccccn1)C1CCCNCC1. The zero-order valence-electron chi connectivity index (χ0n) is 16.0. The van der Waals surface area contributed by atoms with E-state index in [2.05, 4.69) is 15.3 Å². The minimum atomic E-state index is -0.460. The summed E-state index contributed by atoms with van der Waals surface area (Å²) in [5.41, 5.74) is 0.975. The number of carbonyl (C=O) groups excluding carboxylic acids is 1. The lowest BCUT2D eigenvalue weighted by atomic mass is 10.0. The molecule has 29 heavy (non-hydrogen) atoms. The Morgan fingerprint density at radius 3 is 2.90 bits per heavy atom. The van der Waals surface area contributed by atoms with Gasteiger partial charge in [-0.05, 0) is 62.7 Å². The monoisotopic (exact) mass is 394 g/mol. The Bertz CT molecular complexity index is 1060. The first kappa shape index (κ1) is 19.3. The number of H-pyrrole nitrogens is 1. The second kappa shape index (κ2) is 8.53. The lowest BCUT2D eigenvalue weighted by molar-refractivity contribution is 0.0644. The zero-order chi connectivity index (χ0) is 20.2. The third-order valence-electron chi connectivity index (χ3n) is 5.34. The number of hydrogen-bond acceptors (Lipinski definition) is 4. The van der Waals surface area contributed by atoms with Crippen molar-refractivity contribution in [3.8, 4) is 0 Å². The van der Waals surface area contributed by atoms with Gasteiger partial charge in [-0.15, -0.1) is 0 Å². The van der Waals surface area contributed by atoms with Gasteiger partial charge in [-0.3, -0.25) is 14.6 Å². The number of carbonyl (C=O) groups is 1. The molecule has 3 aromatic rings. The smallest absolute Gasteiger partial charge is 0.255 e. The maximum atomic E-state index is 13.7. The molecule has 1 aliphatic rings. The minimum Gasteiger partial charge on any atom is -0.330 e. The van der Waals surface area contributed by atoms with E-state index in [0.717, 1.165) is 38.0 Å². The zero-order valence-corrected chi connectivity index (χ0v) is 16.0. The van der Waals surface area contributed by atoms with Gasteiger partial charge < -0.3 is 15.2 Å². The van der Waals surface area contributed by atoms with Gasteiger partial charge in [0.1, 0.15) is 5.82 Å². The molecule has 2 aromatic heterocycles. The first-order valence-electron chi connectivity index (χ1n) is 9.86. The highest BCUT2D eigenvalue weighted by Gasteiger charge is 2.27. The van der Waals surface area contributed by atoms with E-state index < -0.39 is 11.4 Å². The number of hydrogen-bond donors (Lipinski definition) is 2. The van der Waals surface area contributed by atoms with Crippen molar-refractivity contribution in [2.75, 3.05) is 13.1 Å². The van der Waals surface area contributed by atoms with E-state index in [1.54, 1.807) is 12.3 Å². The maximum absolute atomic E-state index is 13.7. The molecule has 1 aromatic carbocycles. The molecule has 4 rings (SSSR count). The number of fused-ring (bicyclic) bond motifs is 1. The molecule has 2 N–H and O–H groups in total.